The lowest BCUT2D eigenvalue weighted by molar-refractivity contribution is -0.134. The van der Waals surface area contributed by atoms with Gasteiger partial charge in [0.2, 0.25) is 0 Å². The average Bonchev–Trinajstić information content (AvgIpc) is 2.19. The van der Waals surface area contributed by atoms with E-state index in [2.05, 4.69) is 6.58 Å². The summed E-state index contributed by atoms with van der Waals surface area (Å²) in [6.45, 7) is 5.11. The van der Waals surface area contributed by atoms with E-state index in [1.165, 1.54) is 0 Å². The maximum Gasteiger partial charge on any atom is 0.300 e. The summed E-state index contributed by atoms with van der Waals surface area (Å²) in [4.78, 5) is 9.00. The Bertz CT molecular complexity index is 300. The summed E-state index contributed by atoms with van der Waals surface area (Å²) in [5.41, 5.74) is 2.11. The van der Waals surface area contributed by atoms with Crippen molar-refractivity contribution in [3.63, 3.8) is 0 Å². The van der Waals surface area contributed by atoms with Crippen molar-refractivity contribution in [3.05, 3.63) is 42.5 Å². The van der Waals surface area contributed by atoms with Gasteiger partial charge in [-0.2, -0.15) is 0 Å². The van der Waals surface area contributed by atoms with Gasteiger partial charge >= 0.3 is 0 Å². The molecule has 0 aliphatic heterocycles. The average molecular weight is 208 g/mol. The standard InChI is InChI=1S/C10H12O.C2H4O2/c1-9(7-8-11)10-5-3-2-4-6-10;1-2(3)4/h2-6,11H,1,7-8H2;1H3,(H,3,4). The molecule has 82 valence electrons. The number of hydrogen-bond acceptors (Lipinski definition) is 2. The van der Waals surface area contributed by atoms with E-state index < -0.39 is 5.97 Å². The van der Waals surface area contributed by atoms with Gasteiger partial charge in [0.1, 0.15) is 0 Å². The summed E-state index contributed by atoms with van der Waals surface area (Å²) in [5.74, 6) is -0.833. The van der Waals surface area contributed by atoms with Crippen LogP contribution in [0.5, 0.6) is 0 Å². The van der Waals surface area contributed by atoms with E-state index in [1.807, 2.05) is 30.3 Å². The summed E-state index contributed by atoms with van der Waals surface area (Å²) in [6.07, 6.45) is 0.657. The number of carboxylic acid groups (broad SMARTS) is 1. The van der Waals surface area contributed by atoms with E-state index in [0.29, 0.717) is 6.42 Å². The fourth-order valence-corrected chi connectivity index (χ4v) is 0.953. The molecular formula is C12H16O3. The number of aliphatic hydroxyl groups is 1. The van der Waals surface area contributed by atoms with E-state index in [0.717, 1.165) is 18.1 Å². The van der Waals surface area contributed by atoms with Gasteiger partial charge in [-0.1, -0.05) is 36.9 Å². The molecule has 3 nitrogen and oxygen atoms in total. The molecule has 0 aliphatic carbocycles. The Kier molecular flexibility index (Phi) is 6.93. The predicted molar refractivity (Wildman–Crippen MR) is 60.5 cm³/mol. The smallest absolute Gasteiger partial charge is 0.300 e. The van der Waals surface area contributed by atoms with Crippen LogP contribution in [0.15, 0.2) is 36.9 Å². The van der Waals surface area contributed by atoms with Gasteiger partial charge in [0.25, 0.3) is 5.97 Å². The van der Waals surface area contributed by atoms with Gasteiger partial charge in [0, 0.05) is 13.5 Å². The molecule has 0 heterocycles. The van der Waals surface area contributed by atoms with Crippen LogP contribution in [0.25, 0.3) is 5.57 Å². The van der Waals surface area contributed by atoms with Crippen molar-refractivity contribution < 1.29 is 15.0 Å². The second-order valence-corrected chi connectivity index (χ2v) is 2.96. The summed E-state index contributed by atoms with van der Waals surface area (Å²) in [6, 6.07) is 9.90. The molecule has 0 atom stereocenters. The van der Waals surface area contributed by atoms with Gasteiger partial charge in [-0.25, -0.2) is 0 Å². The highest BCUT2D eigenvalue weighted by Crippen LogP contribution is 2.13. The zero-order valence-electron chi connectivity index (χ0n) is 8.81. The number of aliphatic carboxylic acids is 1. The maximum absolute atomic E-state index is 9.00. The largest absolute Gasteiger partial charge is 0.481 e. The molecule has 1 aromatic carbocycles. The highest BCUT2D eigenvalue weighted by atomic mass is 16.4. The minimum atomic E-state index is -0.833. The molecule has 0 unspecified atom stereocenters. The van der Waals surface area contributed by atoms with Crippen molar-refractivity contribution in [2.24, 2.45) is 0 Å². The lowest BCUT2D eigenvalue weighted by Crippen LogP contribution is -1.86. The molecule has 1 aromatic rings. The normalized spacial score (nSPS) is 8.67. The summed E-state index contributed by atoms with van der Waals surface area (Å²) in [7, 11) is 0. The number of hydrogen-bond donors (Lipinski definition) is 2. The van der Waals surface area contributed by atoms with Crippen molar-refractivity contribution in [2.75, 3.05) is 6.61 Å². The molecule has 0 saturated carbocycles. The first-order valence-corrected chi connectivity index (χ1v) is 4.61. The predicted octanol–water partition coefficient (Wildman–Crippen LogP) is 2.17. The monoisotopic (exact) mass is 208 g/mol. The number of carbonyl (C=O) groups is 1. The molecule has 0 radical (unpaired) electrons. The van der Waals surface area contributed by atoms with Crippen molar-refractivity contribution >= 4 is 11.5 Å². The Morgan fingerprint density at radius 2 is 1.80 bits per heavy atom. The minimum Gasteiger partial charge on any atom is -0.481 e. The van der Waals surface area contributed by atoms with Crippen LogP contribution in [0.3, 0.4) is 0 Å². The Labute approximate surface area is 89.7 Å². The third kappa shape index (κ3) is 7.46. The number of carboxylic acids is 1. The molecule has 0 bridgehead atoms. The highest BCUT2D eigenvalue weighted by Gasteiger charge is 1.94. The molecular weight excluding hydrogens is 192 g/mol. The molecule has 0 aromatic heterocycles. The van der Waals surface area contributed by atoms with E-state index in [-0.39, 0.29) is 6.61 Å². The first kappa shape index (κ1) is 13.4. The molecule has 0 aliphatic rings. The van der Waals surface area contributed by atoms with Crippen LogP contribution in [-0.4, -0.2) is 22.8 Å². The van der Waals surface area contributed by atoms with Crippen molar-refractivity contribution in [1.82, 2.24) is 0 Å². The maximum atomic E-state index is 9.00. The lowest BCUT2D eigenvalue weighted by Gasteiger charge is -2.01. The Hall–Kier alpha value is -1.61. The van der Waals surface area contributed by atoms with E-state index in [9.17, 15) is 0 Å². The number of aliphatic hydroxyl groups excluding tert-OH is 1. The van der Waals surface area contributed by atoms with Crippen LogP contribution in [0.4, 0.5) is 0 Å². The third-order valence-corrected chi connectivity index (χ3v) is 1.60. The van der Waals surface area contributed by atoms with Gasteiger partial charge < -0.3 is 10.2 Å². The molecule has 0 spiro atoms. The van der Waals surface area contributed by atoms with E-state index >= 15 is 0 Å². The first-order chi connectivity index (χ1) is 7.07. The van der Waals surface area contributed by atoms with Crippen LogP contribution in [0.1, 0.15) is 18.9 Å². The Balaban J connectivity index is 0.000000423. The quantitative estimate of drug-likeness (QED) is 0.800. The molecule has 0 saturated heterocycles. The summed E-state index contributed by atoms with van der Waals surface area (Å²) < 4.78 is 0. The van der Waals surface area contributed by atoms with Crippen LogP contribution in [0.2, 0.25) is 0 Å². The molecule has 15 heavy (non-hydrogen) atoms. The molecule has 0 fully saturated rings. The van der Waals surface area contributed by atoms with Crippen molar-refractivity contribution in [1.29, 1.82) is 0 Å². The van der Waals surface area contributed by atoms with Crippen molar-refractivity contribution in [2.45, 2.75) is 13.3 Å². The van der Waals surface area contributed by atoms with Gasteiger partial charge in [0.05, 0.1) is 0 Å². The second-order valence-electron chi connectivity index (χ2n) is 2.96. The van der Waals surface area contributed by atoms with Crippen LogP contribution in [0, 0.1) is 0 Å². The lowest BCUT2D eigenvalue weighted by atomic mass is 10.1. The molecule has 2 N–H and O–H groups in total. The van der Waals surface area contributed by atoms with Crippen LogP contribution < -0.4 is 0 Å². The Morgan fingerprint density at radius 1 is 1.33 bits per heavy atom. The summed E-state index contributed by atoms with van der Waals surface area (Å²) in [5, 5.41) is 16.1. The van der Waals surface area contributed by atoms with Gasteiger partial charge in [-0.15, -0.1) is 0 Å². The molecule has 1 rings (SSSR count). The first-order valence-electron chi connectivity index (χ1n) is 4.61. The molecule has 3 heteroatoms. The highest BCUT2D eigenvalue weighted by molar-refractivity contribution is 5.63. The Morgan fingerprint density at radius 3 is 2.20 bits per heavy atom. The zero-order chi connectivity index (χ0) is 11.7. The van der Waals surface area contributed by atoms with Gasteiger partial charge in [-0.05, 0) is 17.6 Å². The molecule has 0 amide bonds. The van der Waals surface area contributed by atoms with Crippen LogP contribution in [-0.2, 0) is 4.79 Å². The summed E-state index contributed by atoms with van der Waals surface area (Å²) >= 11 is 0. The van der Waals surface area contributed by atoms with Gasteiger partial charge in [-0.3, -0.25) is 4.79 Å². The fourth-order valence-electron chi connectivity index (χ4n) is 0.953. The van der Waals surface area contributed by atoms with Crippen LogP contribution >= 0.6 is 0 Å². The second kappa shape index (κ2) is 7.76. The zero-order valence-corrected chi connectivity index (χ0v) is 8.81. The van der Waals surface area contributed by atoms with E-state index in [1.54, 1.807) is 0 Å². The SMILES string of the molecule is C=C(CCO)c1ccccc1.CC(=O)O. The van der Waals surface area contributed by atoms with Gasteiger partial charge in [0.15, 0.2) is 0 Å². The minimum absolute atomic E-state index is 0.174. The topological polar surface area (TPSA) is 57.5 Å². The number of rotatable bonds is 3. The van der Waals surface area contributed by atoms with Crippen molar-refractivity contribution in [3.8, 4) is 0 Å². The fraction of sp³-hybridized carbons (Fsp3) is 0.250. The number of benzene rings is 1. The third-order valence-electron chi connectivity index (χ3n) is 1.60. The van der Waals surface area contributed by atoms with E-state index in [4.69, 9.17) is 15.0 Å².